The van der Waals surface area contributed by atoms with Crippen LogP contribution in [0.25, 0.3) is 10.8 Å². The number of hydrogen-bond donors (Lipinski definition) is 1. The van der Waals surface area contributed by atoms with Crippen molar-refractivity contribution in [2.24, 2.45) is 0 Å². The average molecular weight is 246 g/mol. The lowest BCUT2D eigenvalue weighted by atomic mass is 10.1. The molecule has 0 saturated carbocycles. The Balaban J connectivity index is 2.40. The van der Waals surface area contributed by atoms with E-state index in [1.54, 1.807) is 37.3 Å². The van der Waals surface area contributed by atoms with Gasteiger partial charge >= 0.3 is 5.97 Å². The first kappa shape index (κ1) is 12.2. The lowest BCUT2D eigenvalue weighted by Gasteiger charge is -2.14. The Bertz CT molecular complexity index is 577. The van der Waals surface area contributed by atoms with Gasteiger partial charge in [-0.3, -0.25) is 0 Å². The van der Waals surface area contributed by atoms with Gasteiger partial charge in [-0.2, -0.15) is 0 Å². The standard InChI is InChI=1S/C14H14O4/c1-9(14(16)17-2)18-13-8-4-5-10-11(13)6-3-7-12(10)15/h3-9,15H,1-2H3. The summed E-state index contributed by atoms with van der Waals surface area (Å²) < 4.78 is 10.2. The van der Waals surface area contributed by atoms with Crippen molar-refractivity contribution in [2.45, 2.75) is 13.0 Å². The number of benzene rings is 2. The van der Waals surface area contributed by atoms with Crippen LogP contribution >= 0.6 is 0 Å². The molecule has 0 spiro atoms. The van der Waals surface area contributed by atoms with Gasteiger partial charge in [-0.15, -0.1) is 0 Å². The first-order chi connectivity index (χ1) is 8.63. The Morgan fingerprint density at radius 1 is 1.17 bits per heavy atom. The van der Waals surface area contributed by atoms with Gasteiger partial charge in [0.2, 0.25) is 0 Å². The lowest BCUT2D eigenvalue weighted by molar-refractivity contribution is -0.147. The number of ether oxygens (including phenoxy) is 2. The van der Waals surface area contributed by atoms with Crippen LogP contribution in [0.4, 0.5) is 0 Å². The highest BCUT2D eigenvalue weighted by Gasteiger charge is 2.16. The summed E-state index contributed by atoms with van der Waals surface area (Å²) >= 11 is 0. The largest absolute Gasteiger partial charge is 0.507 e. The van der Waals surface area contributed by atoms with Gasteiger partial charge in [-0.05, 0) is 19.1 Å². The molecule has 94 valence electrons. The Morgan fingerprint density at radius 2 is 1.83 bits per heavy atom. The molecule has 4 heteroatoms. The number of carbonyl (C=O) groups excluding carboxylic acids is 1. The number of rotatable bonds is 3. The van der Waals surface area contributed by atoms with Crippen LogP contribution in [-0.4, -0.2) is 24.3 Å². The molecule has 0 aliphatic rings. The predicted molar refractivity (Wildman–Crippen MR) is 67.7 cm³/mol. The van der Waals surface area contributed by atoms with Crippen LogP contribution in [-0.2, 0) is 9.53 Å². The normalized spacial score (nSPS) is 12.1. The maximum absolute atomic E-state index is 11.3. The van der Waals surface area contributed by atoms with Crippen molar-refractivity contribution in [1.82, 2.24) is 0 Å². The smallest absolute Gasteiger partial charge is 0.346 e. The van der Waals surface area contributed by atoms with Crippen molar-refractivity contribution in [3.63, 3.8) is 0 Å². The lowest BCUT2D eigenvalue weighted by Crippen LogP contribution is -2.24. The van der Waals surface area contributed by atoms with Gasteiger partial charge in [-0.25, -0.2) is 4.79 Å². The molecule has 1 N–H and O–H groups in total. The van der Waals surface area contributed by atoms with Gasteiger partial charge in [0.1, 0.15) is 11.5 Å². The Hall–Kier alpha value is -2.23. The van der Waals surface area contributed by atoms with Gasteiger partial charge in [0, 0.05) is 10.8 Å². The van der Waals surface area contributed by atoms with Crippen molar-refractivity contribution in [3.05, 3.63) is 36.4 Å². The van der Waals surface area contributed by atoms with Gasteiger partial charge in [-0.1, -0.05) is 24.3 Å². The molecule has 0 aromatic heterocycles. The predicted octanol–water partition coefficient (Wildman–Crippen LogP) is 2.49. The Kier molecular flexibility index (Phi) is 3.37. The number of phenols is 1. The molecule has 0 amide bonds. The number of fused-ring (bicyclic) bond motifs is 1. The van der Waals surface area contributed by atoms with Crippen LogP contribution in [0.2, 0.25) is 0 Å². The van der Waals surface area contributed by atoms with E-state index in [4.69, 9.17) is 4.74 Å². The first-order valence-electron chi connectivity index (χ1n) is 5.58. The third-order valence-corrected chi connectivity index (χ3v) is 2.70. The molecule has 1 atom stereocenters. The monoisotopic (exact) mass is 246 g/mol. The maximum Gasteiger partial charge on any atom is 0.346 e. The van der Waals surface area contributed by atoms with Crippen molar-refractivity contribution < 1.29 is 19.4 Å². The molecule has 2 aromatic carbocycles. The number of esters is 1. The molecule has 0 heterocycles. The minimum atomic E-state index is -0.692. The summed E-state index contributed by atoms with van der Waals surface area (Å²) in [4.78, 5) is 11.3. The second kappa shape index (κ2) is 4.96. The van der Waals surface area contributed by atoms with Crippen LogP contribution in [0.5, 0.6) is 11.5 Å². The fourth-order valence-corrected chi connectivity index (χ4v) is 1.77. The van der Waals surface area contributed by atoms with E-state index in [9.17, 15) is 9.90 Å². The molecule has 4 nitrogen and oxygen atoms in total. The number of methoxy groups -OCH3 is 1. The van der Waals surface area contributed by atoms with Crippen molar-refractivity contribution in [1.29, 1.82) is 0 Å². The van der Waals surface area contributed by atoms with Crippen molar-refractivity contribution >= 4 is 16.7 Å². The molecule has 0 fully saturated rings. The molecule has 2 rings (SSSR count). The van der Waals surface area contributed by atoms with E-state index >= 15 is 0 Å². The summed E-state index contributed by atoms with van der Waals surface area (Å²) in [5.74, 6) is 0.289. The van der Waals surface area contributed by atoms with E-state index in [0.29, 0.717) is 11.1 Å². The fraction of sp³-hybridized carbons (Fsp3) is 0.214. The van der Waals surface area contributed by atoms with E-state index in [2.05, 4.69) is 4.74 Å². The Labute approximate surface area is 105 Å². The molecule has 1 unspecified atom stereocenters. The van der Waals surface area contributed by atoms with Crippen LogP contribution in [0.15, 0.2) is 36.4 Å². The zero-order chi connectivity index (χ0) is 13.1. The van der Waals surface area contributed by atoms with Crippen LogP contribution < -0.4 is 4.74 Å². The summed E-state index contributed by atoms with van der Waals surface area (Å²) in [5, 5.41) is 11.2. The molecule has 0 saturated heterocycles. The van der Waals surface area contributed by atoms with E-state index in [1.807, 2.05) is 6.07 Å². The number of phenolic OH excluding ortho intramolecular Hbond substituents is 1. The topological polar surface area (TPSA) is 55.8 Å². The summed E-state index contributed by atoms with van der Waals surface area (Å²) in [7, 11) is 1.32. The van der Waals surface area contributed by atoms with Gasteiger partial charge in [0.05, 0.1) is 7.11 Å². The third-order valence-electron chi connectivity index (χ3n) is 2.70. The Morgan fingerprint density at radius 3 is 2.56 bits per heavy atom. The van der Waals surface area contributed by atoms with Crippen molar-refractivity contribution in [3.8, 4) is 11.5 Å². The van der Waals surface area contributed by atoms with Gasteiger partial charge in [0.25, 0.3) is 0 Å². The maximum atomic E-state index is 11.3. The summed E-state index contributed by atoms with van der Waals surface area (Å²) in [6, 6.07) is 10.5. The molecule has 2 aromatic rings. The van der Waals surface area contributed by atoms with Gasteiger partial charge < -0.3 is 14.6 Å². The van der Waals surface area contributed by atoms with Crippen molar-refractivity contribution in [2.75, 3.05) is 7.11 Å². The van der Waals surface area contributed by atoms with Gasteiger partial charge in [0.15, 0.2) is 6.10 Å². The van der Waals surface area contributed by atoms with Crippen LogP contribution in [0, 0.1) is 0 Å². The van der Waals surface area contributed by atoms with E-state index in [0.717, 1.165) is 5.39 Å². The number of aromatic hydroxyl groups is 1. The van der Waals surface area contributed by atoms with E-state index in [1.165, 1.54) is 7.11 Å². The zero-order valence-electron chi connectivity index (χ0n) is 10.2. The molecule has 0 bridgehead atoms. The van der Waals surface area contributed by atoms with Crippen LogP contribution in [0.1, 0.15) is 6.92 Å². The van der Waals surface area contributed by atoms with E-state index < -0.39 is 12.1 Å². The molecular weight excluding hydrogens is 232 g/mol. The molecule has 0 radical (unpaired) electrons. The van der Waals surface area contributed by atoms with Crippen LogP contribution in [0.3, 0.4) is 0 Å². The fourth-order valence-electron chi connectivity index (χ4n) is 1.77. The minimum absolute atomic E-state index is 0.184. The first-order valence-corrected chi connectivity index (χ1v) is 5.58. The number of hydrogen-bond acceptors (Lipinski definition) is 4. The second-order valence-electron chi connectivity index (χ2n) is 3.91. The highest BCUT2D eigenvalue weighted by atomic mass is 16.6. The molecular formula is C14H14O4. The summed E-state index contributed by atoms with van der Waals surface area (Å²) in [6.45, 7) is 1.62. The van der Waals surface area contributed by atoms with E-state index in [-0.39, 0.29) is 5.75 Å². The third kappa shape index (κ3) is 2.22. The SMILES string of the molecule is COC(=O)C(C)Oc1cccc2c(O)cccc12. The zero-order valence-corrected chi connectivity index (χ0v) is 10.2. The minimum Gasteiger partial charge on any atom is -0.507 e. The molecule has 0 aliphatic carbocycles. The average Bonchev–Trinajstić information content (AvgIpc) is 2.39. The molecule has 0 aliphatic heterocycles. The molecule has 18 heavy (non-hydrogen) atoms. The second-order valence-corrected chi connectivity index (χ2v) is 3.91. The number of carbonyl (C=O) groups is 1. The highest BCUT2D eigenvalue weighted by Crippen LogP contribution is 2.31. The highest BCUT2D eigenvalue weighted by molar-refractivity contribution is 5.93. The summed E-state index contributed by atoms with van der Waals surface area (Å²) in [5.41, 5.74) is 0. The quantitative estimate of drug-likeness (QED) is 0.845. The summed E-state index contributed by atoms with van der Waals surface area (Å²) in [6.07, 6.45) is -0.692.